The molecule has 0 saturated heterocycles. The fraction of sp³-hybridized carbons (Fsp3) is 0.222. The fourth-order valence-electron chi connectivity index (χ4n) is 2.39. The highest BCUT2D eigenvalue weighted by molar-refractivity contribution is 7.78. The first-order valence-corrected chi connectivity index (χ1v) is 8.73. The minimum Gasteiger partial charge on any atom is -0.497 e. The summed E-state index contributed by atoms with van der Waals surface area (Å²) in [6.07, 6.45) is 1.64. The third-order valence-electron chi connectivity index (χ3n) is 3.87. The zero-order valence-corrected chi connectivity index (χ0v) is 16.1. The molecule has 0 unspecified atom stereocenters. The number of nitrogens with zero attached hydrogens (tertiary/aromatic N) is 4. The second-order valence-corrected chi connectivity index (χ2v) is 6.23. The third-order valence-corrected chi connectivity index (χ3v) is 4.34. The molecular formula is C18H20N6O2S. The predicted molar refractivity (Wildman–Crippen MR) is 109 cm³/mol. The molecule has 8 nitrogen and oxygen atoms in total. The molecule has 0 saturated carbocycles. The molecule has 3 rings (SSSR count). The van der Waals surface area contributed by atoms with Crippen LogP contribution in [-0.4, -0.2) is 38.9 Å². The van der Waals surface area contributed by atoms with Crippen LogP contribution in [0.2, 0.25) is 0 Å². The lowest BCUT2D eigenvalue weighted by molar-refractivity contribution is 0.240. The van der Waals surface area contributed by atoms with Gasteiger partial charge in [0.05, 0.1) is 13.3 Å². The van der Waals surface area contributed by atoms with E-state index in [1.165, 1.54) is 4.31 Å². The van der Waals surface area contributed by atoms with Crippen LogP contribution in [0.5, 0.6) is 5.75 Å². The number of methoxy groups -OCH3 is 1. The Labute approximate surface area is 162 Å². The molecule has 2 amide bonds. The lowest BCUT2D eigenvalue weighted by atomic mass is 10.2. The predicted octanol–water partition coefficient (Wildman–Crippen LogP) is 3.78. The second-order valence-electron chi connectivity index (χ2n) is 5.75. The molecule has 0 bridgehead atoms. The minimum atomic E-state index is -0.358. The molecule has 0 aliphatic carbocycles. The number of ether oxygens (including phenoxy) is 1. The highest BCUT2D eigenvalue weighted by Gasteiger charge is 2.10. The van der Waals surface area contributed by atoms with Gasteiger partial charge < -0.3 is 10.1 Å². The standard InChI is InChI=1S/C18H20N6O2S/c1-4-24(27)18(25)23-15-8-7-14-17(21-15)22-16(10-19-14)20-13-6-5-12(26-3)9-11(13)2/h5-10,27H,4H2,1-3H3,(H2,20,21,22,23,25). The summed E-state index contributed by atoms with van der Waals surface area (Å²) in [5.41, 5.74) is 2.95. The number of aryl methyl sites for hydroxylation is 1. The first-order chi connectivity index (χ1) is 13.0. The molecule has 9 heteroatoms. The van der Waals surface area contributed by atoms with Crippen LogP contribution in [0, 0.1) is 6.92 Å². The molecule has 0 atom stereocenters. The number of carbonyl (C=O) groups excluding carboxylic acids is 1. The number of benzene rings is 1. The average molecular weight is 384 g/mol. The molecule has 27 heavy (non-hydrogen) atoms. The van der Waals surface area contributed by atoms with Crippen molar-refractivity contribution in [1.82, 2.24) is 19.3 Å². The van der Waals surface area contributed by atoms with E-state index in [1.54, 1.807) is 25.4 Å². The molecular weight excluding hydrogens is 364 g/mol. The highest BCUT2D eigenvalue weighted by atomic mass is 32.1. The van der Waals surface area contributed by atoms with Crippen LogP contribution in [0.3, 0.4) is 0 Å². The maximum atomic E-state index is 11.9. The van der Waals surface area contributed by atoms with Gasteiger partial charge in [-0.1, -0.05) is 12.8 Å². The number of hydrogen-bond acceptors (Lipinski definition) is 7. The summed E-state index contributed by atoms with van der Waals surface area (Å²) in [6.45, 7) is 4.27. The molecule has 0 spiro atoms. The number of rotatable bonds is 5. The highest BCUT2D eigenvalue weighted by Crippen LogP contribution is 2.24. The van der Waals surface area contributed by atoms with E-state index < -0.39 is 0 Å². The van der Waals surface area contributed by atoms with Gasteiger partial charge in [-0.2, -0.15) is 0 Å². The second kappa shape index (κ2) is 8.09. The quantitative estimate of drug-likeness (QED) is 0.580. The monoisotopic (exact) mass is 384 g/mol. The molecule has 140 valence electrons. The van der Waals surface area contributed by atoms with E-state index >= 15 is 0 Å². The summed E-state index contributed by atoms with van der Waals surface area (Å²) in [6, 6.07) is 8.78. The van der Waals surface area contributed by atoms with Gasteiger partial charge in [0.1, 0.15) is 17.1 Å². The molecule has 1 aromatic carbocycles. The van der Waals surface area contributed by atoms with E-state index in [-0.39, 0.29) is 6.03 Å². The molecule has 2 N–H and O–H groups in total. The van der Waals surface area contributed by atoms with Crippen molar-refractivity contribution in [2.45, 2.75) is 13.8 Å². The van der Waals surface area contributed by atoms with Crippen LogP contribution in [0.15, 0.2) is 36.5 Å². The summed E-state index contributed by atoms with van der Waals surface area (Å²) < 4.78 is 6.47. The van der Waals surface area contributed by atoms with E-state index in [9.17, 15) is 4.79 Å². The van der Waals surface area contributed by atoms with Gasteiger partial charge in [0, 0.05) is 12.2 Å². The number of pyridine rings is 1. The number of thiol groups is 1. The Bertz CT molecular complexity index is 981. The van der Waals surface area contributed by atoms with Crippen LogP contribution < -0.4 is 15.4 Å². The number of anilines is 3. The van der Waals surface area contributed by atoms with Crippen molar-refractivity contribution in [1.29, 1.82) is 0 Å². The Morgan fingerprint density at radius 2 is 2.00 bits per heavy atom. The van der Waals surface area contributed by atoms with Gasteiger partial charge in [-0.3, -0.25) is 9.62 Å². The largest absolute Gasteiger partial charge is 0.497 e. The van der Waals surface area contributed by atoms with Crippen molar-refractivity contribution < 1.29 is 9.53 Å². The van der Waals surface area contributed by atoms with E-state index in [0.717, 1.165) is 17.0 Å². The normalized spacial score (nSPS) is 10.5. The van der Waals surface area contributed by atoms with Gasteiger partial charge in [0.2, 0.25) is 0 Å². The van der Waals surface area contributed by atoms with Crippen LogP contribution in [0.1, 0.15) is 12.5 Å². The maximum Gasteiger partial charge on any atom is 0.332 e. The molecule has 2 heterocycles. The average Bonchev–Trinajstić information content (AvgIpc) is 2.68. The van der Waals surface area contributed by atoms with Crippen LogP contribution in [0.25, 0.3) is 11.2 Å². The number of nitrogens with one attached hydrogen (secondary N) is 2. The fourth-order valence-corrected chi connectivity index (χ4v) is 2.44. The van der Waals surface area contributed by atoms with E-state index in [0.29, 0.717) is 29.3 Å². The van der Waals surface area contributed by atoms with Crippen molar-refractivity contribution >= 4 is 47.3 Å². The minimum absolute atomic E-state index is 0.358. The SMILES string of the molecule is CCN(S)C(=O)Nc1ccc2ncc(Nc3ccc(OC)cc3C)nc2n1. The van der Waals surface area contributed by atoms with Gasteiger partial charge in [-0.15, -0.1) is 0 Å². The van der Waals surface area contributed by atoms with E-state index in [2.05, 4.69) is 38.4 Å². The number of aromatic nitrogens is 3. The van der Waals surface area contributed by atoms with Gasteiger partial charge in [-0.05, 0) is 49.7 Å². The van der Waals surface area contributed by atoms with Gasteiger partial charge >= 0.3 is 6.03 Å². The van der Waals surface area contributed by atoms with Crippen molar-refractivity contribution in [2.24, 2.45) is 0 Å². The molecule has 0 aliphatic heterocycles. The van der Waals surface area contributed by atoms with E-state index in [1.807, 2.05) is 32.0 Å². The number of hydrogen-bond donors (Lipinski definition) is 3. The Balaban J connectivity index is 1.84. The number of urea groups is 1. The number of amides is 2. The summed E-state index contributed by atoms with van der Waals surface area (Å²) in [4.78, 5) is 25.1. The molecule has 3 aromatic rings. The van der Waals surface area contributed by atoms with Crippen molar-refractivity contribution in [3.8, 4) is 5.75 Å². The summed E-state index contributed by atoms with van der Waals surface area (Å²) in [7, 11) is 1.63. The number of carbonyl (C=O) groups is 1. The summed E-state index contributed by atoms with van der Waals surface area (Å²) >= 11 is 4.07. The van der Waals surface area contributed by atoms with Crippen LogP contribution in [-0.2, 0) is 0 Å². The molecule has 2 aromatic heterocycles. The van der Waals surface area contributed by atoms with Gasteiger partial charge in [0.15, 0.2) is 11.5 Å². The van der Waals surface area contributed by atoms with E-state index in [4.69, 9.17) is 4.74 Å². The Hall–Kier alpha value is -3.07. The lowest BCUT2D eigenvalue weighted by Gasteiger charge is -2.13. The Morgan fingerprint density at radius 3 is 2.70 bits per heavy atom. The maximum absolute atomic E-state index is 11.9. The molecule has 0 aliphatic rings. The first-order valence-electron chi connectivity index (χ1n) is 8.33. The summed E-state index contributed by atoms with van der Waals surface area (Å²) in [5, 5.41) is 5.90. The van der Waals surface area contributed by atoms with Crippen LogP contribution >= 0.6 is 12.8 Å². The Kier molecular flexibility index (Phi) is 5.60. The van der Waals surface area contributed by atoms with Gasteiger partial charge in [0.25, 0.3) is 0 Å². The zero-order chi connectivity index (χ0) is 19.4. The van der Waals surface area contributed by atoms with Crippen molar-refractivity contribution in [3.63, 3.8) is 0 Å². The lowest BCUT2D eigenvalue weighted by Crippen LogP contribution is -2.27. The topological polar surface area (TPSA) is 92.3 Å². The number of fused-ring (bicyclic) bond motifs is 1. The third kappa shape index (κ3) is 4.37. The Morgan fingerprint density at radius 1 is 1.22 bits per heavy atom. The molecule has 0 fully saturated rings. The zero-order valence-electron chi connectivity index (χ0n) is 15.2. The van der Waals surface area contributed by atoms with Crippen molar-refractivity contribution in [3.05, 3.63) is 42.1 Å². The van der Waals surface area contributed by atoms with Gasteiger partial charge in [-0.25, -0.2) is 19.7 Å². The summed E-state index contributed by atoms with van der Waals surface area (Å²) in [5.74, 6) is 1.72. The van der Waals surface area contributed by atoms with Crippen molar-refractivity contribution in [2.75, 3.05) is 24.3 Å². The smallest absolute Gasteiger partial charge is 0.332 e. The van der Waals surface area contributed by atoms with Crippen LogP contribution in [0.4, 0.5) is 22.1 Å². The first kappa shape index (κ1) is 18.7. The molecule has 0 radical (unpaired) electrons.